The number of imidazole rings is 1. The zero-order valence-corrected chi connectivity index (χ0v) is 11.1. The lowest BCUT2D eigenvalue weighted by Gasteiger charge is -2.14. The van der Waals surface area contributed by atoms with Gasteiger partial charge in [-0.15, -0.1) is 0 Å². The lowest BCUT2D eigenvalue weighted by atomic mass is 10.3. The fourth-order valence-corrected chi connectivity index (χ4v) is 2.13. The molecule has 0 amide bonds. The van der Waals surface area contributed by atoms with Gasteiger partial charge in [-0.2, -0.15) is 13.2 Å². The van der Waals surface area contributed by atoms with E-state index in [4.69, 9.17) is 0 Å². The fraction of sp³-hybridized carbons (Fsp3) is 0.462. The summed E-state index contributed by atoms with van der Waals surface area (Å²) < 4.78 is 51.4. The summed E-state index contributed by atoms with van der Waals surface area (Å²) in [6, 6.07) is 4.13. The van der Waals surface area contributed by atoms with Gasteiger partial charge >= 0.3 is 6.18 Å². The number of aromatic nitrogens is 2. The van der Waals surface area contributed by atoms with Crippen LogP contribution in [0.2, 0.25) is 0 Å². The summed E-state index contributed by atoms with van der Waals surface area (Å²) in [7, 11) is 0. The molecule has 0 fully saturated rings. The minimum absolute atomic E-state index is 0.0199. The predicted molar refractivity (Wildman–Crippen MR) is 67.8 cm³/mol. The molecule has 1 aromatic heterocycles. The second-order valence-electron chi connectivity index (χ2n) is 4.84. The molecule has 0 aliphatic carbocycles. The van der Waals surface area contributed by atoms with Crippen molar-refractivity contribution >= 4 is 11.0 Å². The summed E-state index contributed by atoms with van der Waals surface area (Å²) in [5, 5.41) is 2.31. The molecule has 7 heteroatoms. The van der Waals surface area contributed by atoms with Gasteiger partial charge in [-0.25, -0.2) is 9.37 Å². The molecule has 0 saturated heterocycles. The van der Waals surface area contributed by atoms with Gasteiger partial charge in [0.25, 0.3) is 0 Å². The van der Waals surface area contributed by atoms with Crippen LogP contribution in [0.25, 0.3) is 11.0 Å². The normalized spacial score (nSPS) is 12.6. The standard InChI is InChI=1S/C13H15F4N3/c1-8(2)20-11-5-9(14)3-4-10(11)19-12(20)6-18-7-13(15,16)17/h3-5,8,18H,6-7H2,1-2H3. The van der Waals surface area contributed by atoms with E-state index in [1.807, 2.05) is 13.8 Å². The molecule has 0 bridgehead atoms. The summed E-state index contributed by atoms with van der Waals surface area (Å²) in [6.07, 6.45) is -4.26. The number of rotatable bonds is 4. The Kier molecular flexibility index (Phi) is 3.99. The Labute approximate surface area is 113 Å². The van der Waals surface area contributed by atoms with Crippen LogP contribution in [0, 0.1) is 5.82 Å². The van der Waals surface area contributed by atoms with Crippen LogP contribution in [-0.2, 0) is 6.54 Å². The van der Waals surface area contributed by atoms with E-state index in [0.29, 0.717) is 16.9 Å². The highest BCUT2D eigenvalue weighted by atomic mass is 19.4. The third-order valence-corrected chi connectivity index (χ3v) is 2.85. The monoisotopic (exact) mass is 289 g/mol. The van der Waals surface area contributed by atoms with Crippen molar-refractivity contribution in [3.05, 3.63) is 29.8 Å². The van der Waals surface area contributed by atoms with Gasteiger partial charge in [-0.05, 0) is 32.0 Å². The van der Waals surface area contributed by atoms with Gasteiger partial charge in [-0.3, -0.25) is 0 Å². The van der Waals surface area contributed by atoms with Gasteiger partial charge in [0.2, 0.25) is 0 Å². The second-order valence-corrected chi connectivity index (χ2v) is 4.84. The number of halogens is 4. The summed E-state index contributed by atoms with van der Waals surface area (Å²) in [4.78, 5) is 4.26. The Morgan fingerprint density at radius 1 is 1.30 bits per heavy atom. The van der Waals surface area contributed by atoms with Crippen molar-refractivity contribution in [1.82, 2.24) is 14.9 Å². The number of hydrogen-bond acceptors (Lipinski definition) is 2. The van der Waals surface area contributed by atoms with Gasteiger partial charge in [0.1, 0.15) is 11.6 Å². The van der Waals surface area contributed by atoms with Crippen molar-refractivity contribution in [2.24, 2.45) is 0 Å². The van der Waals surface area contributed by atoms with Crippen LogP contribution in [0.1, 0.15) is 25.7 Å². The number of hydrogen-bond donors (Lipinski definition) is 1. The minimum Gasteiger partial charge on any atom is -0.324 e. The summed E-state index contributed by atoms with van der Waals surface area (Å²) in [5.41, 5.74) is 1.16. The first-order valence-corrected chi connectivity index (χ1v) is 6.22. The number of alkyl halides is 3. The lowest BCUT2D eigenvalue weighted by molar-refractivity contribution is -0.125. The highest BCUT2D eigenvalue weighted by molar-refractivity contribution is 5.76. The van der Waals surface area contributed by atoms with Gasteiger partial charge in [0.15, 0.2) is 0 Å². The lowest BCUT2D eigenvalue weighted by Crippen LogP contribution is -2.29. The average molecular weight is 289 g/mol. The van der Waals surface area contributed by atoms with E-state index in [1.54, 1.807) is 4.57 Å². The predicted octanol–water partition coefficient (Wildman–Crippen LogP) is 3.41. The van der Waals surface area contributed by atoms with E-state index in [0.717, 1.165) is 0 Å². The second kappa shape index (κ2) is 5.40. The summed E-state index contributed by atoms with van der Waals surface area (Å²) in [5.74, 6) is 0.0685. The first-order chi connectivity index (χ1) is 9.28. The van der Waals surface area contributed by atoms with Crippen molar-refractivity contribution in [1.29, 1.82) is 0 Å². The van der Waals surface area contributed by atoms with Crippen LogP contribution in [0.5, 0.6) is 0 Å². The molecule has 0 radical (unpaired) electrons. The fourth-order valence-electron chi connectivity index (χ4n) is 2.13. The average Bonchev–Trinajstić information content (AvgIpc) is 2.64. The molecule has 2 aromatic rings. The molecular weight excluding hydrogens is 274 g/mol. The van der Waals surface area contributed by atoms with E-state index in [-0.39, 0.29) is 12.6 Å². The Bertz CT molecular complexity index is 601. The third kappa shape index (κ3) is 3.27. The van der Waals surface area contributed by atoms with Crippen molar-refractivity contribution in [3.63, 3.8) is 0 Å². The zero-order chi connectivity index (χ0) is 14.9. The highest BCUT2D eigenvalue weighted by Gasteiger charge is 2.26. The summed E-state index contributed by atoms with van der Waals surface area (Å²) >= 11 is 0. The van der Waals surface area contributed by atoms with E-state index in [2.05, 4.69) is 10.3 Å². The zero-order valence-electron chi connectivity index (χ0n) is 11.1. The van der Waals surface area contributed by atoms with Crippen LogP contribution in [0.4, 0.5) is 17.6 Å². The number of fused-ring (bicyclic) bond motifs is 1. The molecule has 110 valence electrons. The van der Waals surface area contributed by atoms with Crippen molar-refractivity contribution in [2.75, 3.05) is 6.54 Å². The Balaban J connectivity index is 2.30. The van der Waals surface area contributed by atoms with Crippen molar-refractivity contribution in [2.45, 2.75) is 32.6 Å². The van der Waals surface area contributed by atoms with E-state index in [9.17, 15) is 17.6 Å². The molecule has 2 rings (SSSR count). The molecule has 20 heavy (non-hydrogen) atoms. The maximum absolute atomic E-state index is 13.3. The van der Waals surface area contributed by atoms with Crippen LogP contribution < -0.4 is 5.32 Å². The Hall–Kier alpha value is -1.63. The third-order valence-electron chi connectivity index (χ3n) is 2.85. The van der Waals surface area contributed by atoms with Crippen LogP contribution >= 0.6 is 0 Å². The van der Waals surface area contributed by atoms with Crippen LogP contribution in [0.3, 0.4) is 0 Å². The molecule has 1 N–H and O–H groups in total. The molecule has 0 unspecified atom stereocenters. The van der Waals surface area contributed by atoms with E-state index >= 15 is 0 Å². The molecule has 1 aromatic carbocycles. The molecule has 1 heterocycles. The number of nitrogens with one attached hydrogen (secondary N) is 1. The first-order valence-electron chi connectivity index (χ1n) is 6.22. The van der Waals surface area contributed by atoms with Crippen LogP contribution in [0.15, 0.2) is 18.2 Å². The minimum atomic E-state index is -4.26. The van der Waals surface area contributed by atoms with Crippen LogP contribution in [-0.4, -0.2) is 22.3 Å². The van der Waals surface area contributed by atoms with Gasteiger partial charge in [0, 0.05) is 6.04 Å². The number of benzene rings is 1. The Morgan fingerprint density at radius 2 is 2.00 bits per heavy atom. The highest BCUT2D eigenvalue weighted by Crippen LogP contribution is 2.22. The van der Waals surface area contributed by atoms with E-state index in [1.165, 1.54) is 18.2 Å². The molecular formula is C13H15F4N3. The van der Waals surface area contributed by atoms with Crippen molar-refractivity contribution in [3.8, 4) is 0 Å². The SMILES string of the molecule is CC(C)n1c(CNCC(F)(F)F)nc2ccc(F)cc21. The number of nitrogens with zero attached hydrogens (tertiary/aromatic N) is 2. The quantitative estimate of drug-likeness (QED) is 0.874. The van der Waals surface area contributed by atoms with Gasteiger partial charge < -0.3 is 9.88 Å². The molecule has 0 aliphatic heterocycles. The molecule has 3 nitrogen and oxygen atoms in total. The maximum Gasteiger partial charge on any atom is 0.401 e. The largest absolute Gasteiger partial charge is 0.401 e. The van der Waals surface area contributed by atoms with Gasteiger partial charge in [-0.1, -0.05) is 0 Å². The molecule has 0 saturated carbocycles. The maximum atomic E-state index is 13.3. The molecule has 0 aliphatic rings. The smallest absolute Gasteiger partial charge is 0.324 e. The topological polar surface area (TPSA) is 29.9 Å². The van der Waals surface area contributed by atoms with E-state index < -0.39 is 18.5 Å². The first kappa shape index (κ1) is 14.8. The Morgan fingerprint density at radius 3 is 2.60 bits per heavy atom. The van der Waals surface area contributed by atoms with Gasteiger partial charge in [0.05, 0.1) is 24.1 Å². The molecule has 0 spiro atoms. The molecule has 0 atom stereocenters. The summed E-state index contributed by atoms with van der Waals surface area (Å²) in [6.45, 7) is 2.65. The van der Waals surface area contributed by atoms with Crippen molar-refractivity contribution < 1.29 is 17.6 Å².